The van der Waals surface area contributed by atoms with Gasteiger partial charge in [-0.15, -0.1) is 12.4 Å². The molecule has 1 atom stereocenters. The van der Waals surface area contributed by atoms with E-state index in [4.69, 9.17) is 5.11 Å². The Morgan fingerprint density at radius 2 is 2.25 bits per heavy atom. The summed E-state index contributed by atoms with van der Waals surface area (Å²) in [5, 5.41) is 11.9. The lowest BCUT2D eigenvalue weighted by molar-refractivity contribution is -0.140. The van der Waals surface area contributed by atoms with Crippen LogP contribution in [-0.2, 0) is 11.3 Å². The van der Waals surface area contributed by atoms with E-state index in [2.05, 4.69) is 10.3 Å². The maximum absolute atomic E-state index is 10.9. The molecule has 2 N–H and O–H groups in total. The number of nitrogens with one attached hydrogen (secondary N) is 1. The number of pyridine rings is 1. The van der Waals surface area contributed by atoms with Crippen molar-refractivity contribution in [3.63, 3.8) is 0 Å². The molecule has 0 aliphatic heterocycles. The summed E-state index contributed by atoms with van der Waals surface area (Å²) in [6.07, 6.45) is 3.42. The molecule has 90 valence electrons. The summed E-state index contributed by atoms with van der Waals surface area (Å²) in [5.41, 5.74) is 0.990. The van der Waals surface area contributed by atoms with Crippen molar-refractivity contribution in [2.75, 3.05) is 0 Å². The Morgan fingerprint density at radius 3 is 2.69 bits per heavy atom. The largest absolute Gasteiger partial charge is 0.480 e. The summed E-state index contributed by atoms with van der Waals surface area (Å²) in [6, 6.07) is 3.24. The van der Waals surface area contributed by atoms with Crippen LogP contribution >= 0.6 is 12.4 Å². The van der Waals surface area contributed by atoms with E-state index in [-0.39, 0.29) is 18.3 Å². The second-order valence-electron chi connectivity index (χ2n) is 3.80. The third-order valence-electron chi connectivity index (χ3n) is 2.18. The van der Waals surface area contributed by atoms with Gasteiger partial charge < -0.3 is 10.4 Å². The smallest absolute Gasteiger partial charge is 0.320 e. The van der Waals surface area contributed by atoms with Crippen molar-refractivity contribution >= 4 is 18.4 Å². The maximum atomic E-state index is 10.9. The number of aromatic nitrogens is 1. The van der Waals surface area contributed by atoms with Gasteiger partial charge in [-0.05, 0) is 17.5 Å². The van der Waals surface area contributed by atoms with Crippen molar-refractivity contribution in [2.24, 2.45) is 5.92 Å². The highest BCUT2D eigenvalue weighted by Crippen LogP contribution is 2.03. The van der Waals surface area contributed by atoms with Crippen LogP contribution in [0.15, 0.2) is 24.5 Å². The zero-order valence-electron chi connectivity index (χ0n) is 9.38. The van der Waals surface area contributed by atoms with Gasteiger partial charge in [-0.25, -0.2) is 0 Å². The van der Waals surface area contributed by atoms with E-state index < -0.39 is 12.0 Å². The molecule has 0 aliphatic rings. The number of hydrogen-bond donors (Lipinski definition) is 2. The molecule has 0 bridgehead atoms. The third kappa shape index (κ3) is 4.59. The molecule has 0 fully saturated rings. The van der Waals surface area contributed by atoms with Crippen LogP contribution in [0.4, 0.5) is 0 Å². The second kappa shape index (κ2) is 7.19. The predicted molar refractivity (Wildman–Crippen MR) is 64.6 cm³/mol. The summed E-state index contributed by atoms with van der Waals surface area (Å²) in [4.78, 5) is 14.8. The number of hydrogen-bond acceptors (Lipinski definition) is 3. The van der Waals surface area contributed by atoms with Crippen LogP contribution in [0.1, 0.15) is 19.4 Å². The van der Waals surface area contributed by atoms with Gasteiger partial charge in [-0.1, -0.05) is 19.9 Å². The van der Waals surface area contributed by atoms with Crippen LogP contribution in [0, 0.1) is 5.92 Å². The van der Waals surface area contributed by atoms with Gasteiger partial charge in [0, 0.05) is 18.9 Å². The molecule has 0 radical (unpaired) electrons. The van der Waals surface area contributed by atoms with E-state index in [1.807, 2.05) is 26.0 Å². The molecule has 5 heteroatoms. The number of carbonyl (C=O) groups is 1. The topological polar surface area (TPSA) is 62.2 Å². The van der Waals surface area contributed by atoms with Gasteiger partial charge in [0.15, 0.2) is 0 Å². The van der Waals surface area contributed by atoms with Gasteiger partial charge >= 0.3 is 5.97 Å². The number of aliphatic carboxylic acids is 1. The SMILES string of the molecule is CC(C)C(NCc1cccnc1)C(=O)O.Cl. The molecule has 1 aromatic heterocycles. The van der Waals surface area contributed by atoms with Crippen LogP contribution < -0.4 is 5.32 Å². The lowest BCUT2D eigenvalue weighted by Crippen LogP contribution is -2.40. The Morgan fingerprint density at radius 1 is 1.56 bits per heavy atom. The lowest BCUT2D eigenvalue weighted by Gasteiger charge is -2.17. The first kappa shape index (κ1) is 14.9. The van der Waals surface area contributed by atoms with Gasteiger partial charge in [0.2, 0.25) is 0 Å². The van der Waals surface area contributed by atoms with Gasteiger partial charge in [-0.2, -0.15) is 0 Å². The molecular weight excluding hydrogens is 228 g/mol. The fourth-order valence-electron chi connectivity index (χ4n) is 1.34. The number of nitrogens with zero attached hydrogens (tertiary/aromatic N) is 1. The monoisotopic (exact) mass is 244 g/mol. The first-order valence-electron chi connectivity index (χ1n) is 4.96. The molecular formula is C11H17ClN2O2. The molecule has 0 saturated carbocycles. The Bertz CT molecular complexity index is 317. The number of halogens is 1. The average molecular weight is 245 g/mol. The highest BCUT2D eigenvalue weighted by Gasteiger charge is 2.20. The highest BCUT2D eigenvalue weighted by molar-refractivity contribution is 5.85. The molecule has 1 aromatic rings. The van der Waals surface area contributed by atoms with Crippen molar-refractivity contribution in [3.05, 3.63) is 30.1 Å². The standard InChI is InChI=1S/C11H16N2O2.ClH/c1-8(2)10(11(14)15)13-7-9-4-3-5-12-6-9;/h3-6,8,10,13H,7H2,1-2H3,(H,14,15);1H. The van der Waals surface area contributed by atoms with Crippen molar-refractivity contribution in [1.29, 1.82) is 0 Å². The fourth-order valence-corrected chi connectivity index (χ4v) is 1.34. The lowest BCUT2D eigenvalue weighted by atomic mass is 10.0. The van der Waals surface area contributed by atoms with E-state index in [9.17, 15) is 4.79 Å². The van der Waals surface area contributed by atoms with E-state index in [0.717, 1.165) is 5.56 Å². The summed E-state index contributed by atoms with van der Waals surface area (Å²) in [5.74, 6) is -0.743. The Labute approximate surface area is 101 Å². The Balaban J connectivity index is 0.00000225. The zero-order chi connectivity index (χ0) is 11.3. The van der Waals surface area contributed by atoms with E-state index in [0.29, 0.717) is 6.54 Å². The normalized spacial score (nSPS) is 11.9. The minimum absolute atomic E-state index is 0. The molecule has 1 unspecified atom stereocenters. The quantitative estimate of drug-likeness (QED) is 0.828. The van der Waals surface area contributed by atoms with Gasteiger partial charge in [-0.3, -0.25) is 9.78 Å². The summed E-state index contributed by atoms with van der Waals surface area (Å²) in [6.45, 7) is 4.30. The molecule has 0 aliphatic carbocycles. The van der Waals surface area contributed by atoms with E-state index >= 15 is 0 Å². The van der Waals surface area contributed by atoms with Crippen molar-refractivity contribution in [3.8, 4) is 0 Å². The molecule has 16 heavy (non-hydrogen) atoms. The third-order valence-corrected chi connectivity index (χ3v) is 2.18. The molecule has 0 saturated heterocycles. The molecule has 0 amide bonds. The second-order valence-corrected chi connectivity index (χ2v) is 3.80. The van der Waals surface area contributed by atoms with Crippen LogP contribution in [-0.4, -0.2) is 22.1 Å². The minimum Gasteiger partial charge on any atom is -0.480 e. The first-order valence-corrected chi connectivity index (χ1v) is 4.96. The van der Waals surface area contributed by atoms with Gasteiger partial charge in [0.05, 0.1) is 0 Å². The van der Waals surface area contributed by atoms with Gasteiger partial charge in [0.25, 0.3) is 0 Å². The summed E-state index contributed by atoms with van der Waals surface area (Å²) >= 11 is 0. The number of carboxylic acid groups (broad SMARTS) is 1. The van der Waals surface area contributed by atoms with Crippen LogP contribution in [0.2, 0.25) is 0 Å². The molecule has 4 nitrogen and oxygen atoms in total. The Kier molecular flexibility index (Phi) is 6.69. The van der Waals surface area contributed by atoms with Crippen LogP contribution in [0.5, 0.6) is 0 Å². The molecule has 0 spiro atoms. The van der Waals surface area contributed by atoms with E-state index in [1.54, 1.807) is 12.4 Å². The fraction of sp³-hybridized carbons (Fsp3) is 0.455. The molecule has 0 aromatic carbocycles. The van der Waals surface area contributed by atoms with Crippen molar-refractivity contribution < 1.29 is 9.90 Å². The average Bonchev–Trinajstić information content (AvgIpc) is 2.18. The zero-order valence-corrected chi connectivity index (χ0v) is 10.2. The molecule has 1 heterocycles. The maximum Gasteiger partial charge on any atom is 0.320 e. The van der Waals surface area contributed by atoms with Crippen molar-refractivity contribution in [1.82, 2.24) is 10.3 Å². The van der Waals surface area contributed by atoms with E-state index in [1.165, 1.54) is 0 Å². The van der Waals surface area contributed by atoms with Crippen molar-refractivity contribution in [2.45, 2.75) is 26.4 Å². The highest BCUT2D eigenvalue weighted by atomic mass is 35.5. The van der Waals surface area contributed by atoms with Crippen LogP contribution in [0.25, 0.3) is 0 Å². The van der Waals surface area contributed by atoms with Gasteiger partial charge in [0.1, 0.15) is 6.04 Å². The predicted octanol–water partition coefficient (Wildman–Crippen LogP) is 1.70. The summed E-state index contributed by atoms with van der Waals surface area (Å²) < 4.78 is 0. The summed E-state index contributed by atoms with van der Waals surface area (Å²) in [7, 11) is 0. The Hall–Kier alpha value is -1.13. The number of rotatable bonds is 5. The minimum atomic E-state index is -0.811. The first-order chi connectivity index (χ1) is 7.11. The molecule has 1 rings (SSSR count). The van der Waals surface area contributed by atoms with Crippen LogP contribution in [0.3, 0.4) is 0 Å². The number of carboxylic acids is 1.